The van der Waals surface area contributed by atoms with Gasteiger partial charge in [-0.25, -0.2) is 4.79 Å². The summed E-state index contributed by atoms with van der Waals surface area (Å²) >= 11 is 3.49. The van der Waals surface area contributed by atoms with Gasteiger partial charge in [0.25, 0.3) is 5.91 Å². The number of hydrogen-bond acceptors (Lipinski definition) is 3. The molecule has 2 heterocycles. The maximum absolute atomic E-state index is 13.5. The van der Waals surface area contributed by atoms with Crippen LogP contribution in [0.25, 0.3) is 10.9 Å². The summed E-state index contributed by atoms with van der Waals surface area (Å²) in [5.41, 5.74) is 6.98. The number of aromatic amines is 1. The molecule has 0 fully saturated rings. The van der Waals surface area contributed by atoms with Gasteiger partial charge in [-0.05, 0) is 35.2 Å². The van der Waals surface area contributed by atoms with E-state index < -0.39 is 26.1 Å². The number of amides is 1. The molecule has 0 bridgehead atoms. The predicted octanol–water partition coefficient (Wildman–Crippen LogP) is 4.83. The van der Waals surface area contributed by atoms with Crippen LogP contribution in [-0.2, 0) is 20.7 Å². The molecule has 0 saturated heterocycles. The molecule has 2 atom stereocenters. The molecule has 164 valence electrons. The first-order valence-corrected chi connectivity index (χ1v) is 14.8. The van der Waals surface area contributed by atoms with E-state index in [2.05, 4.69) is 52.0 Å². The summed E-state index contributed by atoms with van der Waals surface area (Å²) in [4.78, 5) is 31.5. The van der Waals surface area contributed by atoms with Gasteiger partial charge in [0.15, 0.2) is 0 Å². The number of ether oxygens (including phenoxy) is 1. The van der Waals surface area contributed by atoms with Crippen LogP contribution in [-0.4, -0.2) is 43.0 Å². The van der Waals surface area contributed by atoms with Crippen LogP contribution in [0.3, 0.4) is 0 Å². The van der Waals surface area contributed by atoms with Crippen LogP contribution in [0.15, 0.2) is 53.0 Å². The van der Waals surface area contributed by atoms with Crippen molar-refractivity contribution in [3.63, 3.8) is 0 Å². The van der Waals surface area contributed by atoms with Gasteiger partial charge in [-0.1, -0.05) is 65.9 Å². The number of methoxy groups -OCH3 is 1. The summed E-state index contributed by atoms with van der Waals surface area (Å²) in [6, 6.07) is 14.6. The maximum Gasteiger partial charge on any atom is 0.328 e. The number of halogens is 1. The molecule has 1 amide bonds. The van der Waals surface area contributed by atoms with E-state index in [1.807, 2.05) is 48.5 Å². The first-order valence-electron chi connectivity index (χ1n) is 10.5. The van der Waals surface area contributed by atoms with Crippen LogP contribution in [0, 0.1) is 11.5 Å². The molecule has 0 saturated carbocycles. The molecular weight excluding hydrogens is 484 g/mol. The fourth-order valence-electron chi connectivity index (χ4n) is 4.15. The lowest BCUT2D eigenvalue weighted by atomic mass is 9.88. The van der Waals surface area contributed by atoms with E-state index in [9.17, 15) is 9.59 Å². The van der Waals surface area contributed by atoms with E-state index in [1.165, 1.54) is 7.11 Å². The Morgan fingerprint density at radius 3 is 2.47 bits per heavy atom. The standard InChI is InChI=1S/C25H25BrN2O3Si/c1-31-25(30)21-15-19-18-7-5-6-8-20(18)27-23(19)24(16-9-11-17(26)12-10-16)28(21)22(29)13-14-32(2,3)4/h5-12,21,24,27H,15H2,1-4H3/t21-,24-/m1/s1. The molecule has 0 aliphatic carbocycles. The third-order valence-corrected chi connectivity index (χ3v) is 6.97. The number of benzene rings is 2. The molecule has 0 spiro atoms. The summed E-state index contributed by atoms with van der Waals surface area (Å²) in [7, 11) is -0.427. The smallest absolute Gasteiger partial charge is 0.328 e. The Balaban J connectivity index is 1.95. The van der Waals surface area contributed by atoms with Crippen LogP contribution < -0.4 is 0 Å². The molecule has 1 aliphatic heterocycles. The lowest BCUT2D eigenvalue weighted by molar-refractivity contribution is -0.153. The van der Waals surface area contributed by atoms with Gasteiger partial charge in [0, 0.05) is 27.5 Å². The van der Waals surface area contributed by atoms with E-state index in [-0.39, 0.29) is 5.91 Å². The van der Waals surface area contributed by atoms with E-state index >= 15 is 0 Å². The molecule has 1 aliphatic rings. The zero-order valence-electron chi connectivity index (χ0n) is 18.5. The van der Waals surface area contributed by atoms with Crippen LogP contribution in [0.1, 0.15) is 22.9 Å². The number of nitrogens with one attached hydrogen (secondary N) is 1. The zero-order chi connectivity index (χ0) is 23.0. The normalized spacial score (nSPS) is 18.0. The first kappa shape index (κ1) is 22.4. The highest BCUT2D eigenvalue weighted by molar-refractivity contribution is 9.10. The number of H-pyrrole nitrogens is 1. The molecular formula is C25H25BrN2O3Si. The van der Waals surface area contributed by atoms with Gasteiger partial charge in [0.1, 0.15) is 14.1 Å². The molecule has 2 aromatic carbocycles. The van der Waals surface area contributed by atoms with Gasteiger partial charge >= 0.3 is 5.97 Å². The summed E-state index contributed by atoms with van der Waals surface area (Å²) in [6.45, 7) is 6.26. The summed E-state index contributed by atoms with van der Waals surface area (Å²) in [5.74, 6) is 2.04. The van der Waals surface area contributed by atoms with Crippen molar-refractivity contribution in [3.8, 4) is 11.5 Å². The molecule has 32 heavy (non-hydrogen) atoms. The van der Waals surface area contributed by atoms with Crippen LogP contribution in [0.4, 0.5) is 0 Å². The summed E-state index contributed by atoms with van der Waals surface area (Å²) < 4.78 is 6.07. The number of nitrogens with zero attached hydrogens (tertiary/aromatic N) is 1. The van der Waals surface area contributed by atoms with Crippen molar-refractivity contribution in [3.05, 3.63) is 69.8 Å². The third-order valence-electron chi connectivity index (χ3n) is 5.57. The first-order chi connectivity index (χ1) is 15.2. The number of carbonyl (C=O) groups excluding carboxylic acids is 2. The Kier molecular flexibility index (Phi) is 6.02. The minimum atomic E-state index is -1.79. The number of para-hydroxylation sites is 1. The van der Waals surface area contributed by atoms with Gasteiger partial charge in [0.2, 0.25) is 0 Å². The highest BCUT2D eigenvalue weighted by Gasteiger charge is 2.43. The summed E-state index contributed by atoms with van der Waals surface area (Å²) in [6.07, 6.45) is 0.374. The second-order valence-electron chi connectivity index (χ2n) is 8.97. The lowest BCUT2D eigenvalue weighted by Crippen LogP contribution is -2.51. The van der Waals surface area contributed by atoms with Crippen molar-refractivity contribution < 1.29 is 14.3 Å². The van der Waals surface area contributed by atoms with Crippen molar-refractivity contribution in [2.45, 2.75) is 38.1 Å². The van der Waals surface area contributed by atoms with Gasteiger partial charge in [-0.3, -0.25) is 4.79 Å². The molecule has 4 rings (SSSR count). The van der Waals surface area contributed by atoms with E-state index in [0.29, 0.717) is 6.42 Å². The average Bonchev–Trinajstić information content (AvgIpc) is 3.14. The second-order valence-corrected chi connectivity index (χ2v) is 14.6. The van der Waals surface area contributed by atoms with E-state index in [0.717, 1.165) is 32.2 Å². The van der Waals surface area contributed by atoms with Gasteiger partial charge in [-0.2, -0.15) is 0 Å². The third kappa shape index (κ3) is 4.25. The fourth-order valence-corrected chi connectivity index (χ4v) is 4.90. The Bertz CT molecular complexity index is 1250. The molecule has 0 unspecified atom stereocenters. The van der Waals surface area contributed by atoms with Crippen molar-refractivity contribution in [1.29, 1.82) is 0 Å². The van der Waals surface area contributed by atoms with Crippen LogP contribution in [0.5, 0.6) is 0 Å². The van der Waals surface area contributed by atoms with Crippen molar-refractivity contribution in [2.24, 2.45) is 0 Å². The minimum Gasteiger partial charge on any atom is -0.467 e. The molecule has 1 N–H and O–H groups in total. The SMILES string of the molecule is COC(=O)[C@H]1Cc2c([nH]c3ccccc23)[C@@H](c2ccc(Br)cc2)N1C(=O)C#C[Si](C)(C)C. The Hall–Kier alpha value is -2.82. The quantitative estimate of drug-likeness (QED) is 0.306. The highest BCUT2D eigenvalue weighted by atomic mass is 79.9. The monoisotopic (exact) mass is 508 g/mol. The average molecular weight is 509 g/mol. The van der Waals surface area contributed by atoms with Crippen molar-refractivity contribution in [1.82, 2.24) is 9.88 Å². The number of esters is 1. The number of rotatable bonds is 2. The van der Waals surface area contributed by atoms with Gasteiger partial charge in [0.05, 0.1) is 13.2 Å². The Labute approximate surface area is 197 Å². The largest absolute Gasteiger partial charge is 0.467 e. The Morgan fingerprint density at radius 1 is 1.12 bits per heavy atom. The molecule has 1 aromatic heterocycles. The summed E-state index contributed by atoms with van der Waals surface area (Å²) in [5, 5.41) is 1.05. The predicted molar refractivity (Wildman–Crippen MR) is 132 cm³/mol. The van der Waals surface area contributed by atoms with Crippen LogP contribution >= 0.6 is 15.9 Å². The number of aromatic nitrogens is 1. The highest BCUT2D eigenvalue weighted by Crippen LogP contribution is 2.41. The van der Waals surface area contributed by atoms with Crippen molar-refractivity contribution in [2.75, 3.05) is 7.11 Å². The second kappa shape index (κ2) is 8.61. The van der Waals surface area contributed by atoms with Crippen LogP contribution in [0.2, 0.25) is 19.6 Å². The van der Waals surface area contributed by atoms with Gasteiger partial charge in [-0.15, -0.1) is 5.54 Å². The van der Waals surface area contributed by atoms with Crippen molar-refractivity contribution >= 4 is 46.8 Å². The maximum atomic E-state index is 13.5. The molecule has 5 nitrogen and oxygen atoms in total. The molecule has 0 radical (unpaired) electrons. The number of hydrogen-bond donors (Lipinski definition) is 1. The zero-order valence-corrected chi connectivity index (χ0v) is 21.1. The fraction of sp³-hybridized carbons (Fsp3) is 0.280. The minimum absolute atomic E-state index is 0.361. The number of carbonyl (C=O) groups is 2. The number of fused-ring (bicyclic) bond motifs is 3. The topological polar surface area (TPSA) is 62.4 Å². The lowest BCUT2D eigenvalue weighted by Gasteiger charge is -2.40. The molecule has 7 heteroatoms. The Morgan fingerprint density at radius 2 is 1.81 bits per heavy atom. The molecule has 3 aromatic rings. The van der Waals surface area contributed by atoms with E-state index in [4.69, 9.17) is 4.74 Å². The van der Waals surface area contributed by atoms with Gasteiger partial charge < -0.3 is 14.6 Å². The van der Waals surface area contributed by atoms with E-state index in [1.54, 1.807) is 4.90 Å².